The van der Waals surface area contributed by atoms with Gasteiger partial charge in [-0.2, -0.15) is 18.2 Å². The van der Waals surface area contributed by atoms with Gasteiger partial charge in [0.25, 0.3) is 11.8 Å². The summed E-state index contributed by atoms with van der Waals surface area (Å²) in [4.78, 5) is 64.5. The van der Waals surface area contributed by atoms with Crippen LogP contribution in [0.1, 0.15) is 40.3 Å². The Labute approximate surface area is 326 Å². The molecule has 55 heavy (non-hydrogen) atoms. The molecule has 0 spiro atoms. The molecule has 0 radical (unpaired) electrons. The Balaban J connectivity index is 1.31. The highest BCUT2D eigenvalue weighted by Gasteiger charge is 2.70. The summed E-state index contributed by atoms with van der Waals surface area (Å²) in [6, 6.07) is 17.7. The predicted molar refractivity (Wildman–Crippen MR) is 196 cm³/mol. The average molecular weight is 812 g/mol. The standard InChI is InChI=1S/C39H31Cl2F3N4O6S/c40-22-9-7-20(8-10-22)38-28(35(51)48(37(38)53)46-33-29(41)16-21(18-45-33)39(42,43)44)17-27-24(32(38)25-5-1-2-6-30(25)54-14-13-49)11-12-26-31(27)36(52)47(34(26)50)19-23-4-3-15-55-23/h1-11,15-16,18,26-28,31-32,49H,12-14,17,19H2,(H,45,46)/t26-,27+,28-,31-,32+,38+/m0/s1. The van der Waals surface area contributed by atoms with E-state index in [0.29, 0.717) is 39.7 Å². The number of pyridine rings is 1. The number of nitrogens with one attached hydrogen (secondary N) is 1. The van der Waals surface area contributed by atoms with Crippen molar-refractivity contribution in [1.29, 1.82) is 0 Å². The second kappa shape index (κ2) is 14.1. The van der Waals surface area contributed by atoms with E-state index in [-0.39, 0.29) is 50.2 Å². The van der Waals surface area contributed by atoms with Crippen LogP contribution in [0, 0.1) is 23.7 Å². The number of alkyl halides is 3. The molecule has 4 amide bonds. The Hall–Kier alpha value is -4.76. The minimum atomic E-state index is -4.75. The van der Waals surface area contributed by atoms with Gasteiger partial charge in [0.15, 0.2) is 5.82 Å². The first-order valence-corrected chi connectivity index (χ1v) is 19.0. The third-order valence-corrected chi connectivity index (χ3v) is 12.5. The number of carbonyl (C=O) groups is 4. The van der Waals surface area contributed by atoms with Gasteiger partial charge in [-0.1, -0.05) is 71.2 Å². The zero-order valence-corrected chi connectivity index (χ0v) is 31.0. The number of amides is 4. The Bertz CT molecular complexity index is 2240. The highest BCUT2D eigenvalue weighted by Crippen LogP contribution is 2.65. The molecule has 6 atom stereocenters. The largest absolute Gasteiger partial charge is 0.491 e. The van der Waals surface area contributed by atoms with E-state index in [2.05, 4.69) is 10.4 Å². The quantitative estimate of drug-likeness (QED) is 0.136. The fourth-order valence-corrected chi connectivity index (χ4v) is 9.94. The van der Waals surface area contributed by atoms with Gasteiger partial charge in [0.2, 0.25) is 11.8 Å². The van der Waals surface area contributed by atoms with Crippen molar-refractivity contribution in [2.45, 2.75) is 36.9 Å². The highest BCUT2D eigenvalue weighted by atomic mass is 35.5. The fourth-order valence-electron chi connectivity index (χ4n) is 8.91. The third kappa shape index (κ3) is 6.01. The molecule has 10 nitrogen and oxygen atoms in total. The van der Waals surface area contributed by atoms with Crippen molar-refractivity contribution in [1.82, 2.24) is 14.9 Å². The van der Waals surface area contributed by atoms with Crippen LogP contribution in [0.2, 0.25) is 10.0 Å². The Morgan fingerprint density at radius 1 is 0.982 bits per heavy atom. The van der Waals surface area contributed by atoms with Crippen LogP contribution in [0.5, 0.6) is 5.75 Å². The summed E-state index contributed by atoms with van der Waals surface area (Å²) in [5, 5.41) is 12.2. The number of aromatic nitrogens is 1. The summed E-state index contributed by atoms with van der Waals surface area (Å²) in [5.74, 6) is -6.53. The molecule has 4 aromatic rings. The maximum Gasteiger partial charge on any atom is 0.417 e. The number of hydrogen-bond acceptors (Lipinski definition) is 9. The molecular weight excluding hydrogens is 780 g/mol. The fraction of sp³-hybridized carbons (Fsp3) is 0.308. The topological polar surface area (TPSA) is 129 Å². The number of halogens is 5. The lowest BCUT2D eigenvalue weighted by atomic mass is 9.49. The van der Waals surface area contributed by atoms with Gasteiger partial charge in [0.1, 0.15) is 12.4 Å². The molecule has 1 saturated carbocycles. The number of para-hydroxylation sites is 1. The Morgan fingerprint density at radius 2 is 1.75 bits per heavy atom. The lowest BCUT2D eigenvalue weighted by Crippen LogP contribution is -2.53. The van der Waals surface area contributed by atoms with Crippen molar-refractivity contribution in [3.8, 4) is 5.75 Å². The van der Waals surface area contributed by atoms with Crippen LogP contribution in [-0.2, 0) is 37.3 Å². The minimum Gasteiger partial charge on any atom is -0.491 e. The molecule has 4 aliphatic rings. The molecule has 2 saturated heterocycles. The molecule has 3 fully saturated rings. The molecule has 2 aliphatic carbocycles. The van der Waals surface area contributed by atoms with E-state index < -0.39 is 63.6 Å². The first kappa shape index (κ1) is 37.2. The van der Waals surface area contributed by atoms with E-state index in [1.54, 1.807) is 48.5 Å². The van der Waals surface area contributed by atoms with Crippen LogP contribution in [0.25, 0.3) is 0 Å². The Kier molecular flexibility index (Phi) is 9.51. The van der Waals surface area contributed by atoms with Crippen LogP contribution in [0.15, 0.2) is 90.0 Å². The van der Waals surface area contributed by atoms with Crippen molar-refractivity contribution in [3.05, 3.63) is 122 Å². The monoisotopic (exact) mass is 810 g/mol. The number of anilines is 1. The minimum absolute atomic E-state index is 0.0193. The normalized spacial score (nSPS) is 26.1. The smallest absolute Gasteiger partial charge is 0.417 e. The number of thiophene rings is 1. The SMILES string of the molecule is O=C1[C@H]2[C@H](CC=C3[C@H]2C[C@H]2C(=O)N(Nc4ncc(C(F)(F)F)cc4Cl)C(=O)[C@@]2(c2ccc(Cl)cc2)[C@H]3c2ccccc2OCCO)C(=O)N1Cc1cccs1. The average Bonchev–Trinajstić information content (AvgIpc) is 3.83. The molecule has 2 aromatic heterocycles. The number of hydrazine groups is 1. The number of carbonyl (C=O) groups excluding carboxylic acids is 4. The van der Waals surface area contributed by atoms with Crippen molar-refractivity contribution in [2.75, 3.05) is 18.6 Å². The van der Waals surface area contributed by atoms with Crippen LogP contribution < -0.4 is 10.2 Å². The number of allylic oxidation sites excluding steroid dienone is 2. The summed E-state index contributed by atoms with van der Waals surface area (Å²) in [7, 11) is 0. The summed E-state index contributed by atoms with van der Waals surface area (Å²) in [5.41, 5.74) is 1.34. The predicted octanol–water partition coefficient (Wildman–Crippen LogP) is 7.02. The van der Waals surface area contributed by atoms with Crippen LogP contribution in [-0.4, -0.2) is 56.8 Å². The van der Waals surface area contributed by atoms with Crippen LogP contribution in [0.4, 0.5) is 19.0 Å². The number of imide groups is 2. The molecule has 8 rings (SSSR count). The van der Waals surface area contributed by atoms with Gasteiger partial charge < -0.3 is 9.84 Å². The lowest BCUT2D eigenvalue weighted by Gasteiger charge is -2.50. The third-order valence-electron chi connectivity index (χ3n) is 11.1. The second-order valence-corrected chi connectivity index (χ2v) is 15.7. The molecule has 0 bridgehead atoms. The number of rotatable bonds is 9. The van der Waals surface area contributed by atoms with Gasteiger partial charge >= 0.3 is 6.18 Å². The number of likely N-dealkylation sites (tertiary alicyclic amines) is 1. The maximum absolute atomic E-state index is 15.4. The number of aliphatic hydroxyl groups excluding tert-OH is 1. The van der Waals surface area contributed by atoms with Gasteiger partial charge in [-0.05, 0) is 60.0 Å². The maximum atomic E-state index is 15.4. The van der Waals surface area contributed by atoms with E-state index >= 15 is 4.79 Å². The zero-order chi connectivity index (χ0) is 38.8. The molecular formula is C39H31Cl2F3N4O6S. The Morgan fingerprint density at radius 3 is 2.44 bits per heavy atom. The van der Waals surface area contributed by atoms with Gasteiger partial charge in [0, 0.05) is 27.6 Å². The lowest BCUT2D eigenvalue weighted by molar-refractivity contribution is -0.142. The highest BCUT2D eigenvalue weighted by molar-refractivity contribution is 7.09. The number of nitrogens with zero attached hydrogens (tertiary/aromatic N) is 3. The molecule has 2 aromatic carbocycles. The van der Waals surface area contributed by atoms with Crippen LogP contribution in [0.3, 0.4) is 0 Å². The van der Waals surface area contributed by atoms with Crippen LogP contribution >= 0.6 is 34.5 Å². The number of aliphatic hydroxyl groups is 1. The van der Waals surface area contributed by atoms with Crippen molar-refractivity contribution < 1.29 is 42.2 Å². The van der Waals surface area contributed by atoms with E-state index in [1.165, 1.54) is 16.2 Å². The van der Waals surface area contributed by atoms with Gasteiger partial charge in [-0.25, -0.2) is 4.98 Å². The molecule has 0 unspecified atom stereocenters. The summed E-state index contributed by atoms with van der Waals surface area (Å²) < 4.78 is 46.5. The number of hydrogen-bond donors (Lipinski definition) is 2. The summed E-state index contributed by atoms with van der Waals surface area (Å²) in [6.07, 6.45) is -2.12. The molecule has 2 aliphatic heterocycles. The molecule has 4 heterocycles. The number of benzene rings is 2. The van der Waals surface area contributed by atoms with E-state index in [9.17, 15) is 32.7 Å². The van der Waals surface area contributed by atoms with E-state index in [1.807, 2.05) is 23.6 Å². The zero-order valence-electron chi connectivity index (χ0n) is 28.6. The molecule has 2 N–H and O–H groups in total. The van der Waals surface area contributed by atoms with Crippen molar-refractivity contribution in [3.63, 3.8) is 0 Å². The van der Waals surface area contributed by atoms with Crippen molar-refractivity contribution in [2.24, 2.45) is 23.7 Å². The molecule has 16 heteroatoms. The first-order chi connectivity index (χ1) is 26.4. The molecule has 284 valence electrons. The summed E-state index contributed by atoms with van der Waals surface area (Å²) in [6.45, 7) is -0.289. The summed E-state index contributed by atoms with van der Waals surface area (Å²) >= 11 is 14.0. The number of ether oxygens (including phenoxy) is 1. The van der Waals surface area contributed by atoms with E-state index in [0.717, 1.165) is 9.89 Å². The van der Waals surface area contributed by atoms with Gasteiger partial charge in [0.05, 0.1) is 46.9 Å². The first-order valence-electron chi connectivity index (χ1n) is 17.4. The van der Waals surface area contributed by atoms with Crippen molar-refractivity contribution >= 4 is 64.0 Å². The second-order valence-electron chi connectivity index (χ2n) is 13.9. The van der Waals surface area contributed by atoms with E-state index in [4.69, 9.17) is 27.9 Å². The number of fused-ring (bicyclic) bond motifs is 4. The van der Waals surface area contributed by atoms with Gasteiger partial charge in [-0.15, -0.1) is 11.3 Å². The van der Waals surface area contributed by atoms with Gasteiger partial charge in [-0.3, -0.25) is 29.5 Å².